The molecule has 5 heteroatoms. The average Bonchev–Trinajstić information content (AvgIpc) is 2.59. The van der Waals surface area contributed by atoms with Crippen LogP contribution < -0.4 is 5.32 Å². The number of hydrogen-bond acceptors (Lipinski definition) is 3. The summed E-state index contributed by atoms with van der Waals surface area (Å²) in [7, 11) is 0. The fourth-order valence-corrected chi connectivity index (χ4v) is 2.81. The van der Waals surface area contributed by atoms with Crippen LogP contribution in [0.4, 0.5) is 0 Å². The van der Waals surface area contributed by atoms with E-state index in [1.807, 2.05) is 0 Å². The van der Waals surface area contributed by atoms with Gasteiger partial charge in [0, 0.05) is 17.7 Å². The predicted molar refractivity (Wildman–Crippen MR) is 68.6 cm³/mol. The van der Waals surface area contributed by atoms with Crippen LogP contribution in [0.15, 0.2) is 18.2 Å². The highest BCUT2D eigenvalue weighted by Crippen LogP contribution is 2.32. The van der Waals surface area contributed by atoms with Gasteiger partial charge >= 0.3 is 0 Å². The molecule has 1 atom stereocenters. The van der Waals surface area contributed by atoms with Crippen molar-refractivity contribution in [3.05, 3.63) is 29.3 Å². The van der Waals surface area contributed by atoms with E-state index in [0.717, 1.165) is 12.8 Å². The molecule has 2 heterocycles. The van der Waals surface area contributed by atoms with Crippen molar-refractivity contribution in [2.45, 2.75) is 31.8 Å². The lowest BCUT2D eigenvalue weighted by Gasteiger charge is -2.25. The second kappa shape index (κ2) is 4.57. The van der Waals surface area contributed by atoms with E-state index in [2.05, 4.69) is 5.32 Å². The number of hydrogen-bond donors (Lipinski definition) is 2. The Balaban J connectivity index is 1.90. The number of carbonyl (C=O) groups is 2. The molecule has 2 amide bonds. The van der Waals surface area contributed by atoms with E-state index < -0.39 is 6.04 Å². The van der Waals surface area contributed by atoms with E-state index in [1.165, 1.54) is 0 Å². The molecule has 1 unspecified atom stereocenters. The molecule has 1 aromatic carbocycles. The summed E-state index contributed by atoms with van der Waals surface area (Å²) in [6.45, 7) is 0.995. The van der Waals surface area contributed by atoms with E-state index in [1.54, 1.807) is 23.1 Å². The van der Waals surface area contributed by atoms with Crippen molar-refractivity contribution >= 4 is 11.8 Å². The zero-order valence-corrected chi connectivity index (χ0v) is 10.6. The van der Waals surface area contributed by atoms with Gasteiger partial charge in [-0.05, 0) is 31.4 Å². The molecule has 2 aliphatic heterocycles. The number of carbonyl (C=O) groups excluding carboxylic acids is 2. The summed E-state index contributed by atoms with van der Waals surface area (Å²) >= 11 is 0. The molecule has 0 aliphatic carbocycles. The third kappa shape index (κ3) is 1.95. The number of phenols is 1. The summed E-state index contributed by atoms with van der Waals surface area (Å²) in [6.07, 6.45) is 2.56. The van der Waals surface area contributed by atoms with Gasteiger partial charge in [-0.3, -0.25) is 9.59 Å². The number of amides is 2. The number of phenolic OH excluding ortho intramolecular Hbond substituents is 1. The van der Waals surface area contributed by atoms with Crippen molar-refractivity contribution in [2.24, 2.45) is 0 Å². The Labute approximate surface area is 111 Å². The van der Waals surface area contributed by atoms with Crippen molar-refractivity contribution < 1.29 is 14.7 Å². The molecule has 0 bridgehead atoms. The van der Waals surface area contributed by atoms with Crippen LogP contribution in [0.5, 0.6) is 5.75 Å². The topological polar surface area (TPSA) is 69.6 Å². The van der Waals surface area contributed by atoms with Gasteiger partial charge < -0.3 is 15.3 Å². The fourth-order valence-electron chi connectivity index (χ4n) is 2.81. The molecule has 19 heavy (non-hydrogen) atoms. The minimum atomic E-state index is -0.415. The van der Waals surface area contributed by atoms with Crippen molar-refractivity contribution in [1.29, 1.82) is 0 Å². The molecule has 0 saturated carbocycles. The highest BCUT2D eigenvalue weighted by Gasteiger charge is 2.37. The fraction of sp³-hybridized carbons (Fsp3) is 0.429. The average molecular weight is 260 g/mol. The zero-order valence-electron chi connectivity index (χ0n) is 10.6. The second-order valence-electron chi connectivity index (χ2n) is 5.04. The van der Waals surface area contributed by atoms with E-state index in [-0.39, 0.29) is 17.6 Å². The Morgan fingerprint density at radius 2 is 2.11 bits per heavy atom. The van der Waals surface area contributed by atoms with E-state index >= 15 is 0 Å². The van der Waals surface area contributed by atoms with Crippen LogP contribution in [0.1, 0.15) is 35.2 Å². The summed E-state index contributed by atoms with van der Waals surface area (Å²) in [5.74, 6) is -0.117. The molecule has 2 aliphatic rings. The van der Waals surface area contributed by atoms with Crippen LogP contribution in [-0.2, 0) is 11.3 Å². The molecule has 0 aromatic heterocycles. The predicted octanol–water partition coefficient (Wildman–Crippen LogP) is 1.02. The maximum atomic E-state index is 12.3. The first-order valence-corrected chi connectivity index (χ1v) is 6.58. The van der Waals surface area contributed by atoms with E-state index in [4.69, 9.17) is 0 Å². The molecule has 1 aromatic rings. The summed E-state index contributed by atoms with van der Waals surface area (Å²) < 4.78 is 0. The third-order valence-corrected chi connectivity index (χ3v) is 3.85. The van der Waals surface area contributed by atoms with Gasteiger partial charge in [0.1, 0.15) is 11.8 Å². The molecule has 2 N–H and O–H groups in total. The zero-order chi connectivity index (χ0) is 13.4. The van der Waals surface area contributed by atoms with Crippen molar-refractivity contribution in [1.82, 2.24) is 10.2 Å². The number of fused-ring (bicyclic) bond motifs is 1. The van der Waals surface area contributed by atoms with Gasteiger partial charge in [-0.1, -0.05) is 6.07 Å². The Morgan fingerprint density at radius 3 is 2.89 bits per heavy atom. The Hall–Kier alpha value is -2.04. The van der Waals surface area contributed by atoms with Gasteiger partial charge in [0.2, 0.25) is 5.91 Å². The van der Waals surface area contributed by atoms with Gasteiger partial charge in [-0.15, -0.1) is 0 Å². The Bertz CT molecular complexity index is 541. The SMILES string of the molecule is O=C1NCCCCC1N1Cc2c(O)cccc2C1=O. The first-order valence-electron chi connectivity index (χ1n) is 6.58. The molecule has 1 fully saturated rings. The van der Waals surface area contributed by atoms with Crippen LogP contribution in [0, 0.1) is 0 Å². The quantitative estimate of drug-likeness (QED) is 0.792. The van der Waals surface area contributed by atoms with Gasteiger partial charge in [-0.2, -0.15) is 0 Å². The monoisotopic (exact) mass is 260 g/mol. The maximum absolute atomic E-state index is 12.3. The lowest BCUT2D eigenvalue weighted by Crippen LogP contribution is -2.45. The number of rotatable bonds is 1. The van der Waals surface area contributed by atoms with Crippen molar-refractivity contribution in [2.75, 3.05) is 6.54 Å². The van der Waals surface area contributed by atoms with Crippen LogP contribution in [0.25, 0.3) is 0 Å². The molecule has 0 spiro atoms. The van der Waals surface area contributed by atoms with Gasteiger partial charge in [0.25, 0.3) is 5.91 Å². The van der Waals surface area contributed by atoms with Crippen molar-refractivity contribution in [3.63, 3.8) is 0 Å². The van der Waals surface area contributed by atoms with Gasteiger partial charge in [0.15, 0.2) is 0 Å². The summed E-state index contributed by atoms with van der Waals surface area (Å²) in [4.78, 5) is 25.9. The standard InChI is InChI=1S/C14H16N2O3/c17-12-6-3-4-9-10(12)8-16(14(9)19)11-5-1-2-7-15-13(11)18/h3-4,6,11,17H,1-2,5,7-8H2,(H,15,18). The Morgan fingerprint density at radius 1 is 1.26 bits per heavy atom. The molecule has 0 radical (unpaired) electrons. The lowest BCUT2D eigenvalue weighted by atomic mass is 10.1. The largest absolute Gasteiger partial charge is 0.508 e. The van der Waals surface area contributed by atoms with Crippen LogP contribution in [-0.4, -0.2) is 34.4 Å². The molecule has 3 rings (SSSR count). The molecule has 5 nitrogen and oxygen atoms in total. The van der Waals surface area contributed by atoms with Crippen LogP contribution in [0.3, 0.4) is 0 Å². The first kappa shape index (κ1) is 12.0. The summed E-state index contributed by atoms with van der Waals surface area (Å²) in [5.41, 5.74) is 1.14. The normalized spacial score (nSPS) is 22.9. The number of benzene rings is 1. The second-order valence-corrected chi connectivity index (χ2v) is 5.04. The molecule has 100 valence electrons. The smallest absolute Gasteiger partial charge is 0.255 e. The molecular weight excluding hydrogens is 244 g/mol. The lowest BCUT2D eigenvalue weighted by molar-refractivity contribution is -0.125. The van der Waals surface area contributed by atoms with E-state index in [9.17, 15) is 14.7 Å². The van der Waals surface area contributed by atoms with Crippen LogP contribution in [0.2, 0.25) is 0 Å². The number of aromatic hydroxyl groups is 1. The number of nitrogens with one attached hydrogen (secondary N) is 1. The van der Waals surface area contributed by atoms with Crippen molar-refractivity contribution in [3.8, 4) is 5.75 Å². The minimum Gasteiger partial charge on any atom is -0.508 e. The first-order chi connectivity index (χ1) is 9.18. The summed E-state index contributed by atoms with van der Waals surface area (Å²) in [6, 6.07) is 4.51. The van der Waals surface area contributed by atoms with Gasteiger partial charge in [-0.25, -0.2) is 0 Å². The van der Waals surface area contributed by atoms with E-state index in [0.29, 0.717) is 30.6 Å². The van der Waals surface area contributed by atoms with Crippen LogP contribution >= 0.6 is 0 Å². The molecular formula is C14H16N2O3. The molecule has 1 saturated heterocycles. The highest BCUT2D eigenvalue weighted by atomic mass is 16.3. The minimum absolute atomic E-state index is 0.0851. The highest BCUT2D eigenvalue weighted by molar-refractivity contribution is 6.01. The third-order valence-electron chi connectivity index (χ3n) is 3.85. The Kier molecular flexibility index (Phi) is 2.89. The maximum Gasteiger partial charge on any atom is 0.255 e. The number of nitrogens with zero attached hydrogens (tertiary/aromatic N) is 1. The summed E-state index contributed by atoms with van der Waals surface area (Å²) in [5, 5.41) is 12.6. The van der Waals surface area contributed by atoms with Gasteiger partial charge in [0.05, 0.1) is 6.54 Å².